The molecule has 3 aliphatic rings. The Labute approximate surface area is 135 Å². The number of carbonyl (C=O) groups excluding carboxylic acids is 1. The van der Waals surface area contributed by atoms with E-state index in [4.69, 9.17) is 0 Å². The molecule has 3 fully saturated rings. The zero-order valence-electron chi connectivity index (χ0n) is 13.2. The minimum atomic E-state index is -0.563. The molecule has 124 valence electrons. The Bertz CT molecular complexity index is 597. The molecule has 4 rings (SSSR count). The van der Waals surface area contributed by atoms with Crippen LogP contribution in [0.4, 0.5) is 8.78 Å². The second-order valence-electron chi connectivity index (χ2n) is 7.53. The molecule has 0 heterocycles. The Hall–Kier alpha value is -1.45. The van der Waals surface area contributed by atoms with Gasteiger partial charge in [-0.2, -0.15) is 0 Å². The number of amides is 1. The average Bonchev–Trinajstić information content (AvgIpc) is 3.19. The van der Waals surface area contributed by atoms with Crippen molar-refractivity contribution in [2.24, 2.45) is 23.7 Å². The zero-order valence-corrected chi connectivity index (χ0v) is 13.2. The molecule has 5 atom stereocenters. The van der Waals surface area contributed by atoms with Crippen LogP contribution in [0.1, 0.15) is 44.1 Å². The van der Waals surface area contributed by atoms with Crippen molar-refractivity contribution in [1.82, 2.24) is 5.32 Å². The SMILES string of the molecule is O=C(CCc1c(F)cccc1F)NC1CC2CC1C1CCCC21. The van der Waals surface area contributed by atoms with Crippen molar-refractivity contribution in [3.05, 3.63) is 35.4 Å². The maximum absolute atomic E-state index is 13.6. The molecule has 3 aliphatic carbocycles. The molecule has 23 heavy (non-hydrogen) atoms. The summed E-state index contributed by atoms with van der Waals surface area (Å²) in [5, 5.41) is 3.15. The van der Waals surface area contributed by atoms with Gasteiger partial charge >= 0.3 is 0 Å². The number of nitrogens with one attached hydrogen (secondary N) is 1. The van der Waals surface area contributed by atoms with Crippen molar-refractivity contribution >= 4 is 5.91 Å². The van der Waals surface area contributed by atoms with Crippen LogP contribution in [0.25, 0.3) is 0 Å². The lowest BCUT2D eigenvalue weighted by atomic mass is 9.79. The van der Waals surface area contributed by atoms with Gasteiger partial charge in [-0.3, -0.25) is 4.79 Å². The lowest BCUT2D eigenvalue weighted by Gasteiger charge is -2.32. The molecule has 1 N–H and O–H groups in total. The van der Waals surface area contributed by atoms with Crippen molar-refractivity contribution in [1.29, 1.82) is 0 Å². The van der Waals surface area contributed by atoms with Gasteiger partial charge in [0.25, 0.3) is 0 Å². The predicted molar refractivity (Wildman–Crippen MR) is 83.7 cm³/mol. The van der Waals surface area contributed by atoms with Crippen molar-refractivity contribution in [3.63, 3.8) is 0 Å². The Morgan fingerprint density at radius 1 is 1.09 bits per heavy atom. The standard InChI is InChI=1S/C19H23F2NO/c20-16-5-2-6-17(21)14(16)7-8-19(23)22-18-10-11-9-15(18)13-4-1-3-12(11)13/h2,5-6,11-13,15,18H,1,3-4,7-10H2,(H,22,23). The summed E-state index contributed by atoms with van der Waals surface area (Å²) in [5.41, 5.74) is 0.0199. The van der Waals surface area contributed by atoms with Crippen molar-refractivity contribution in [2.45, 2.75) is 51.0 Å². The number of fused-ring (bicyclic) bond motifs is 5. The van der Waals surface area contributed by atoms with Crippen LogP contribution in [0.2, 0.25) is 0 Å². The quantitative estimate of drug-likeness (QED) is 0.897. The molecule has 0 aliphatic heterocycles. The van der Waals surface area contributed by atoms with Gasteiger partial charge in [0, 0.05) is 18.0 Å². The van der Waals surface area contributed by atoms with Crippen LogP contribution in [0.15, 0.2) is 18.2 Å². The third-order valence-corrected chi connectivity index (χ3v) is 6.44. The van der Waals surface area contributed by atoms with Crippen LogP contribution in [0.3, 0.4) is 0 Å². The Morgan fingerprint density at radius 2 is 1.83 bits per heavy atom. The molecule has 1 amide bonds. The molecule has 0 radical (unpaired) electrons. The Balaban J connectivity index is 1.33. The van der Waals surface area contributed by atoms with Crippen molar-refractivity contribution < 1.29 is 13.6 Å². The van der Waals surface area contributed by atoms with Gasteiger partial charge in [0.2, 0.25) is 5.91 Å². The van der Waals surface area contributed by atoms with Crippen molar-refractivity contribution in [2.75, 3.05) is 0 Å². The fraction of sp³-hybridized carbons (Fsp3) is 0.632. The van der Waals surface area contributed by atoms with Crippen molar-refractivity contribution in [3.8, 4) is 0 Å². The first-order chi connectivity index (χ1) is 11.1. The number of hydrogen-bond acceptors (Lipinski definition) is 1. The summed E-state index contributed by atoms with van der Waals surface area (Å²) >= 11 is 0. The van der Waals surface area contributed by atoms with E-state index < -0.39 is 11.6 Å². The van der Waals surface area contributed by atoms with Gasteiger partial charge in [-0.25, -0.2) is 8.78 Å². The summed E-state index contributed by atoms with van der Waals surface area (Å²) in [5.74, 6) is 1.95. The molecule has 3 saturated carbocycles. The van der Waals surface area contributed by atoms with Gasteiger partial charge in [-0.15, -0.1) is 0 Å². The summed E-state index contributed by atoms with van der Waals surface area (Å²) in [4.78, 5) is 12.2. The second kappa shape index (κ2) is 5.88. The highest BCUT2D eigenvalue weighted by molar-refractivity contribution is 5.76. The molecular formula is C19H23F2NO. The zero-order chi connectivity index (χ0) is 16.0. The summed E-state index contributed by atoms with van der Waals surface area (Å²) in [6.45, 7) is 0. The fourth-order valence-electron chi connectivity index (χ4n) is 5.52. The first kappa shape index (κ1) is 15.1. The van der Waals surface area contributed by atoms with Gasteiger partial charge in [0.15, 0.2) is 0 Å². The van der Waals surface area contributed by atoms with E-state index in [1.807, 2.05) is 0 Å². The first-order valence-electron chi connectivity index (χ1n) is 8.85. The number of carbonyl (C=O) groups is 1. The number of rotatable bonds is 4. The van der Waals surface area contributed by atoms with E-state index in [0.717, 1.165) is 24.2 Å². The highest BCUT2D eigenvalue weighted by Gasteiger charge is 2.53. The van der Waals surface area contributed by atoms with Crippen LogP contribution in [-0.2, 0) is 11.2 Å². The third-order valence-electron chi connectivity index (χ3n) is 6.44. The third kappa shape index (κ3) is 2.66. The highest BCUT2D eigenvalue weighted by Crippen LogP contribution is 2.58. The summed E-state index contributed by atoms with van der Waals surface area (Å²) < 4.78 is 27.2. The smallest absolute Gasteiger partial charge is 0.220 e. The van der Waals surface area contributed by atoms with Gasteiger partial charge in [-0.1, -0.05) is 12.5 Å². The van der Waals surface area contributed by atoms with Crippen LogP contribution in [0, 0.1) is 35.3 Å². The maximum Gasteiger partial charge on any atom is 0.220 e. The molecule has 0 aromatic heterocycles. The summed E-state index contributed by atoms with van der Waals surface area (Å²) in [6, 6.07) is 4.12. The summed E-state index contributed by atoms with van der Waals surface area (Å²) in [7, 11) is 0. The van der Waals surface area contributed by atoms with E-state index in [1.165, 1.54) is 43.9 Å². The second-order valence-corrected chi connectivity index (χ2v) is 7.53. The number of benzene rings is 1. The number of hydrogen-bond donors (Lipinski definition) is 1. The van der Waals surface area contributed by atoms with Gasteiger partial charge in [0.1, 0.15) is 11.6 Å². The van der Waals surface area contributed by atoms with E-state index in [2.05, 4.69) is 5.32 Å². The lowest BCUT2D eigenvalue weighted by molar-refractivity contribution is -0.122. The molecule has 1 aromatic carbocycles. The molecule has 0 spiro atoms. The highest BCUT2D eigenvalue weighted by atomic mass is 19.1. The van der Waals surface area contributed by atoms with Gasteiger partial charge < -0.3 is 5.32 Å². The van der Waals surface area contributed by atoms with Crippen LogP contribution in [0.5, 0.6) is 0 Å². The monoisotopic (exact) mass is 319 g/mol. The minimum Gasteiger partial charge on any atom is -0.353 e. The molecule has 4 heteroatoms. The minimum absolute atomic E-state index is 0.0199. The maximum atomic E-state index is 13.6. The van der Waals surface area contributed by atoms with Crippen LogP contribution in [-0.4, -0.2) is 11.9 Å². The molecular weight excluding hydrogens is 296 g/mol. The Kier molecular flexibility index (Phi) is 3.86. The first-order valence-corrected chi connectivity index (χ1v) is 8.85. The van der Waals surface area contributed by atoms with E-state index in [-0.39, 0.29) is 30.4 Å². The number of halogens is 2. The molecule has 2 nitrogen and oxygen atoms in total. The van der Waals surface area contributed by atoms with Crippen LogP contribution >= 0.6 is 0 Å². The van der Waals surface area contributed by atoms with Gasteiger partial charge in [0.05, 0.1) is 0 Å². The molecule has 5 unspecified atom stereocenters. The average molecular weight is 319 g/mol. The Morgan fingerprint density at radius 3 is 2.61 bits per heavy atom. The van der Waals surface area contributed by atoms with E-state index >= 15 is 0 Å². The van der Waals surface area contributed by atoms with E-state index in [9.17, 15) is 13.6 Å². The normalized spacial score (nSPS) is 34.6. The molecule has 1 aromatic rings. The van der Waals surface area contributed by atoms with E-state index in [1.54, 1.807) is 0 Å². The van der Waals surface area contributed by atoms with E-state index in [0.29, 0.717) is 5.92 Å². The molecule has 0 saturated heterocycles. The lowest BCUT2D eigenvalue weighted by Crippen LogP contribution is -2.42. The molecule has 2 bridgehead atoms. The fourth-order valence-corrected chi connectivity index (χ4v) is 5.52. The summed E-state index contributed by atoms with van der Waals surface area (Å²) in [6.07, 6.45) is 6.68. The largest absolute Gasteiger partial charge is 0.353 e. The van der Waals surface area contributed by atoms with Crippen LogP contribution < -0.4 is 5.32 Å². The van der Waals surface area contributed by atoms with Gasteiger partial charge in [-0.05, 0) is 67.9 Å². The topological polar surface area (TPSA) is 29.1 Å². The predicted octanol–water partition coefficient (Wildman–Crippen LogP) is 3.84.